The molecule has 0 aromatic heterocycles. The Kier molecular flexibility index (Phi) is 6.36. The summed E-state index contributed by atoms with van der Waals surface area (Å²) in [5, 5.41) is 8.21. The number of halogens is 2. The van der Waals surface area contributed by atoms with Gasteiger partial charge in [0.15, 0.2) is 0 Å². The van der Waals surface area contributed by atoms with Gasteiger partial charge in [-0.2, -0.15) is 0 Å². The molecule has 2 unspecified atom stereocenters. The van der Waals surface area contributed by atoms with Crippen LogP contribution < -0.4 is 0 Å². The molecule has 0 fully saturated rings. The third kappa shape index (κ3) is 4.59. The molecule has 19 heavy (non-hydrogen) atoms. The van der Waals surface area contributed by atoms with E-state index >= 15 is 0 Å². The fourth-order valence-corrected chi connectivity index (χ4v) is 6.80. The van der Waals surface area contributed by atoms with Crippen LogP contribution in [0.1, 0.15) is 27.7 Å². The van der Waals surface area contributed by atoms with Gasteiger partial charge in [0.1, 0.15) is 0 Å². The fourth-order valence-electron chi connectivity index (χ4n) is 1.82. The zero-order valence-corrected chi connectivity index (χ0v) is 14.9. The first-order chi connectivity index (χ1) is 8.33. The lowest BCUT2D eigenvalue weighted by Gasteiger charge is -2.47. The SMILES string of the molecule is CC(C)(O[Si](C)(CCF)C(C)(C)O)[Si](C)(O)CCF. The first-order valence-electron chi connectivity index (χ1n) is 6.60. The minimum Gasteiger partial charge on any atom is -0.429 e. The monoisotopic (exact) mass is 314 g/mol. The summed E-state index contributed by atoms with van der Waals surface area (Å²) in [5.74, 6) is 0. The molecule has 7 heteroatoms. The molecule has 0 radical (unpaired) electrons. The van der Waals surface area contributed by atoms with E-state index in [1.54, 1.807) is 40.8 Å². The van der Waals surface area contributed by atoms with Crippen LogP contribution in [0.2, 0.25) is 25.2 Å². The Hall–Kier alpha value is 0.174. The van der Waals surface area contributed by atoms with Crippen molar-refractivity contribution in [1.82, 2.24) is 0 Å². The Morgan fingerprint density at radius 1 is 1.00 bits per heavy atom. The van der Waals surface area contributed by atoms with E-state index in [0.717, 1.165) is 0 Å². The number of alkyl halides is 2. The van der Waals surface area contributed by atoms with Crippen LogP contribution in [0.15, 0.2) is 0 Å². The van der Waals surface area contributed by atoms with Gasteiger partial charge >= 0.3 is 0 Å². The predicted octanol–water partition coefficient (Wildman–Crippen LogP) is 2.71. The van der Waals surface area contributed by atoms with Crippen molar-refractivity contribution in [1.29, 1.82) is 0 Å². The number of aliphatic hydroxyl groups is 1. The van der Waals surface area contributed by atoms with Gasteiger partial charge in [0, 0.05) is 0 Å². The van der Waals surface area contributed by atoms with Crippen molar-refractivity contribution in [3.8, 4) is 0 Å². The minimum atomic E-state index is -2.94. The van der Waals surface area contributed by atoms with Gasteiger partial charge < -0.3 is 14.3 Å². The highest BCUT2D eigenvalue weighted by Crippen LogP contribution is 2.35. The maximum Gasteiger partial charge on any atom is 0.223 e. The van der Waals surface area contributed by atoms with Crippen molar-refractivity contribution >= 4 is 16.6 Å². The van der Waals surface area contributed by atoms with Gasteiger partial charge in [-0.1, -0.05) is 0 Å². The van der Waals surface area contributed by atoms with Gasteiger partial charge in [0.25, 0.3) is 0 Å². The molecule has 0 amide bonds. The van der Waals surface area contributed by atoms with Crippen LogP contribution in [0.4, 0.5) is 8.78 Å². The molecule has 0 aliphatic rings. The Morgan fingerprint density at radius 3 is 1.74 bits per heavy atom. The molecule has 3 nitrogen and oxygen atoms in total. The van der Waals surface area contributed by atoms with Gasteiger partial charge in [-0.05, 0) is 52.9 Å². The van der Waals surface area contributed by atoms with Crippen LogP contribution in [0.25, 0.3) is 0 Å². The standard InChI is InChI=1S/C12H28F2O3Si2/c1-11(2,15)19(6,10-8-14)17-12(3,4)18(5,16)9-7-13/h15-16H,7-10H2,1-6H3. The molecule has 0 aromatic rings. The molecule has 0 heterocycles. The van der Waals surface area contributed by atoms with Gasteiger partial charge in [-0.3, -0.25) is 8.78 Å². The van der Waals surface area contributed by atoms with Crippen molar-refractivity contribution in [2.75, 3.05) is 13.3 Å². The maximum absolute atomic E-state index is 12.8. The first kappa shape index (κ1) is 19.2. The summed E-state index contributed by atoms with van der Waals surface area (Å²) in [4.78, 5) is 10.5. The predicted molar refractivity (Wildman–Crippen MR) is 78.5 cm³/mol. The number of hydrogen-bond donors (Lipinski definition) is 2. The van der Waals surface area contributed by atoms with Crippen molar-refractivity contribution in [2.45, 2.75) is 63.3 Å². The zero-order chi connectivity index (χ0) is 15.5. The molecule has 0 saturated heterocycles. The molecule has 0 saturated carbocycles. The van der Waals surface area contributed by atoms with E-state index in [4.69, 9.17) is 4.43 Å². The zero-order valence-electron chi connectivity index (χ0n) is 12.9. The molecule has 0 aliphatic carbocycles. The minimum absolute atomic E-state index is 0.0754. The summed E-state index contributed by atoms with van der Waals surface area (Å²) in [6.07, 6.45) is 0. The van der Waals surface area contributed by atoms with Crippen molar-refractivity contribution in [3.05, 3.63) is 0 Å². The second-order valence-electron chi connectivity index (χ2n) is 6.55. The average molecular weight is 315 g/mol. The van der Waals surface area contributed by atoms with Gasteiger partial charge in [-0.15, -0.1) is 0 Å². The molecule has 0 aromatic carbocycles. The van der Waals surface area contributed by atoms with Gasteiger partial charge in [0.05, 0.1) is 23.8 Å². The third-order valence-electron chi connectivity index (χ3n) is 4.22. The average Bonchev–Trinajstić information content (AvgIpc) is 2.14. The van der Waals surface area contributed by atoms with E-state index in [1.807, 2.05) is 0 Å². The largest absolute Gasteiger partial charge is 0.429 e. The van der Waals surface area contributed by atoms with E-state index in [0.29, 0.717) is 0 Å². The number of rotatable bonds is 8. The van der Waals surface area contributed by atoms with Crippen LogP contribution in [-0.2, 0) is 4.43 Å². The summed E-state index contributed by atoms with van der Waals surface area (Å²) in [6, 6.07) is 0.228. The molecule has 0 aliphatic heterocycles. The summed E-state index contributed by atoms with van der Waals surface area (Å²) in [6.45, 7) is 8.86. The lowest BCUT2D eigenvalue weighted by atomic mass is 10.5. The van der Waals surface area contributed by atoms with Crippen LogP contribution in [0.3, 0.4) is 0 Å². The molecule has 0 spiro atoms. The summed E-state index contributed by atoms with van der Waals surface area (Å²) < 4.78 is 31.4. The molecule has 0 rings (SSSR count). The van der Waals surface area contributed by atoms with Gasteiger partial charge in [0.2, 0.25) is 16.6 Å². The molecular weight excluding hydrogens is 286 g/mol. The van der Waals surface area contributed by atoms with Gasteiger partial charge in [-0.25, -0.2) is 0 Å². The Balaban J connectivity index is 5.25. The lowest BCUT2D eigenvalue weighted by Crippen LogP contribution is -2.65. The van der Waals surface area contributed by atoms with Crippen LogP contribution in [0, 0.1) is 0 Å². The molecule has 116 valence electrons. The lowest BCUT2D eigenvalue weighted by molar-refractivity contribution is 0.0770. The van der Waals surface area contributed by atoms with E-state index in [9.17, 15) is 18.7 Å². The van der Waals surface area contributed by atoms with Crippen LogP contribution in [-0.4, -0.2) is 50.3 Å². The maximum atomic E-state index is 12.8. The molecule has 2 N–H and O–H groups in total. The fraction of sp³-hybridized carbons (Fsp3) is 1.00. The third-order valence-corrected chi connectivity index (χ3v) is 13.0. The smallest absolute Gasteiger partial charge is 0.223 e. The normalized spacial score (nSPS) is 19.9. The highest BCUT2D eigenvalue weighted by Gasteiger charge is 2.52. The quantitative estimate of drug-likeness (QED) is 0.677. The Morgan fingerprint density at radius 2 is 1.42 bits per heavy atom. The molecule has 2 atom stereocenters. The highest BCUT2D eigenvalue weighted by atomic mass is 28.4. The van der Waals surface area contributed by atoms with E-state index in [1.165, 1.54) is 0 Å². The summed E-state index contributed by atoms with van der Waals surface area (Å²) in [7, 11) is -5.74. The summed E-state index contributed by atoms with van der Waals surface area (Å²) in [5.41, 5.74) is 0. The van der Waals surface area contributed by atoms with Crippen molar-refractivity contribution < 1.29 is 23.1 Å². The van der Waals surface area contributed by atoms with Crippen LogP contribution in [0.5, 0.6) is 0 Å². The Labute approximate surface area is 117 Å². The topological polar surface area (TPSA) is 49.7 Å². The first-order valence-corrected chi connectivity index (χ1v) is 11.9. The number of hydrogen-bond acceptors (Lipinski definition) is 3. The van der Waals surface area contributed by atoms with E-state index in [-0.39, 0.29) is 12.1 Å². The van der Waals surface area contributed by atoms with Crippen molar-refractivity contribution in [2.24, 2.45) is 0 Å². The second kappa shape index (κ2) is 6.30. The molecular formula is C12H28F2O3Si2. The summed E-state index contributed by atoms with van der Waals surface area (Å²) >= 11 is 0. The molecule has 0 bridgehead atoms. The van der Waals surface area contributed by atoms with E-state index < -0.39 is 40.4 Å². The van der Waals surface area contributed by atoms with Crippen LogP contribution >= 0.6 is 0 Å². The Bertz CT molecular complexity index is 293. The second-order valence-corrected chi connectivity index (χ2v) is 15.2. The van der Waals surface area contributed by atoms with Crippen molar-refractivity contribution in [3.63, 3.8) is 0 Å². The van der Waals surface area contributed by atoms with E-state index in [2.05, 4.69) is 0 Å². The highest BCUT2D eigenvalue weighted by molar-refractivity contribution is 6.79.